The normalized spacial score (nSPS) is 12.4. The SMILES string of the molecule is CCCCN(Cc1ccccc1C(=O)OC)C(C)CC. The summed E-state index contributed by atoms with van der Waals surface area (Å²) in [6, 6.07) is 8.25. The van der Waals surface area contributed by atoms with Crippen LogP contribution in [0.15, 0.2) is 24.3 Å². The van der Waals surface area contributed by atoms with E-state index in [1.165, 1.54) is 20.0 Å². The highest BCUT2D eigenvalue weighted by molar-refractivity contribution is 5.90. The van der Waals surface area contributed by atoms with Crippen LogP contribution in [0, 0.1) is 0 Å². The van der Waals surface area contributed by atoms with Gasteiger partial charge in [0.2, 0.25) is 0 Å². The first-order chi connectivity index (χ1) is 9.63. The highest BCUT2D eigenvalue weighted by Crippen LogP contribution is 2.16. The minimum atomic E-state index is -0.250. The van der Waals surface area contributed by atoms with Crippen LogP contribution in [0.25, 0.3) is 0 Å². The molecule has 0 aromatic heterocycles. The van der Waals surface area contributed by atoms with Gasteiger partial charge in [-0.2, -0.15) is 0 Å². The molecular formula is C17H27NO2. The van der Waals surface area contributed by atoms with Crippen LogP contribution in [0.1, 0.15) is 56.0 Å². The minimum Gasteiger partial charge on any atom is -0.465 e. The molecule has 0 bridgehead atoms. The van der Waals surface area contributed by atoms with Gasteiger partial charge in [0, 0.05) is 12.6 Å². The molecule has 3 heteroatoms. The molecule has 0 N–H and O–H groups in total. The highest BCUT2D eigenvalue weighted by Gasteiger charge is 2.16. The molecule has 1 aromatic rings. The van der Waals surface area contributed by atoms with Crippen LogP contribution in [0.2, 0.25) is 0 Å². The standard InChI is InChI=1S/C17H27NO2/c1-5-7-12-18(14(3)6-2)13-15-10-8-9-11-16(15)17(19)20-4/h8-11,14H,5-7,12-13H2,1-4H3. The van der Waals surface area contributed by atoms with Gasteiger partial charge >= 0.3 is 5.97 Å². The number of rotatable bonds is 8. The third-order valence-corrected chi connectivity index (χ3v) is 3.81. The molecule has 0 spiro atoms. The molecule has 0 radical (unpaired) electrons. The zero-order valence-corrected chi connectivity index (χ0v) is 13.2. The molecule has 3 nitrogen and oxygen atoms in total. The molecule has 0 heterocycles. The summed E-state index contributed by atoms with van der Waals surface area (Å²) < 4.78 is 4.87. The number of benzene rings is 1. The van der Waals surface area contributed by atoms with E-state index in [9.17, 15) is 4.79 Å². The molecule has 1 rings (SSSR count). The second-order valence-electron chi connectivity index (χ2n) is 5.23. The quantitative estimate of drug-likeness (QED) is 0.675. The summed E-state index contributed by atoms with van der Waals surface area (Å²) in [6.45, 7) is 8.53. The average molecular weight is 277 g/mol. The van der Waals surface area contributed by atoms with Crippen LogP contribution in [-0.2, 0) is 11.3 Å². The van der Waals surface area contributed by atoms with Crippen LogP contribution < -0.4 is 0 Å². The van der Waals surface area contributed by atoms with Gasteiger partial charge in [-0.1, -0.05) is 38.5 Å². The number of ether oxygens (including phenoxy) is 1. The second-order valence-corrected chi connectivity index (χ2v) is 5.23. The lowest BCUT2D eigenvalue weighted by atomic mass is 10.1. The molecule has 0 saturated heterocycles. The maximum absolute atomic E-state index is 11.8. The molecule has 20 heavy (non-hydrogen) atoms. The lowest BCUT2D eigenvalue weighted by molar-refractivity contribution is 0.0597. The molecule has 0 saturated carbocycles. The fourth-order valence-electron chi connectivity index (χ4n) is 2.26. The van der Waals surface area contributed by atoms with Gasteiger partial charge in [0.15, 0.2) is 0 Å². The van der Waals surface area contributed by atoms with Gasteiger partial charge in [-0.3, -0.25) is 4.90 Å². The van der Waals surface area contributed by atoms with Gasteiger partial charge in [0.1, 0.15) is 0 Å². The molecule has 0 aliphatic heterocycles. The second kappa shape index (κ2) is 8.75. The van der Waals surface area contributed by atoms with E-state index < -0.39 is 0 Å². The minimum absolute atomic E-state index is 0.250. The molecule has 112 valence electrons. The first kappa shape index (κ1) is 16.7. The summed E-state index contributed by atoms with van der Waals surface area (Å²) in [7, 11) is 1.43. The van der Waals surface area contributed by atoms with E-state index in [-0.39, 0.29) is 5.97 Å². The Labute approximate surface area is 122 Å². The number of nitrogens with zero attached hydrogens (tertiary/aromatic N) is 1. The van der Waals surface area contributed by atoms with Crippen molar-refractivity contribution in [3.63, 3.8) is 0 Å². The summed E-state index contributed by atoms with van der Waals surface area (Å²) in [5.74, 6) is -0.250. The molecule has 0 amide bonds. The van der Waals surface area contributed by atoms with Crippen molar-refractivity contribution in [1.29, 1.82) is 0 Å². The molecule has 1 unspecified atom stereocenters. The number of unbranched alkanes of at least 4 members (excludes halogenated alkanes) is 1. The Bertz CT molecular complexity index is 417. The van der Waals surface area contributed by atoms with Crippen LogP contribution >= 0.6 is 0 Å². The number of hydrogen-bond acceptors (Lipinski definition) is 3. The van der Waals surface area contributed by atoms with Crippen molar-refractivity contribution in [2.45, 2.75) is 52.6 Å². The Morgan fingerprint density at radius 1 is 1.30 bits per heavy atom. The summed E-state index contributed by atoms with van der Waals surface area (Å²) in [5.41, 5.74) is 1.73. The topological polar surface area (TPSA) is 29.5 Å². The molecule has 0 fully saturated rings. The number of methoxy groups -OCH3 is 1. The van der Waals surface area contributed by atoms with E-state index in [1.54, 1.807) is 0 Å². The maximum Gasteiger partial charge on any atom is 0.338 e. The van der Waals surface area contributed by atoms with Crippen LogP contribution in [0.3, 0.4) is 0 Å². The zero-order valence-electron chi connectivity index (χ0n) is 13.2. The zero-order chi connectivity index (χ0) is 15.0. The van der Waals surface area contributed by atoms with E-state index in [1.807, 2.05) is 24.3 Å². The number of carbonyl (C=O) groups is 1. The van der Waals surface area contributed by atoms with Gasteiger partial charge in [-0.15, -0.1) is 0 Å². The lowest BCUT2D eigenvalue weighted by Crippen LogP contribution is -2.33. The van der Waals surface area contributed by atoms with Crippen molar-refractivity contribution < 1.29 is 9.53 Å². The van der Waals surface area contributed by atoms with Gasteiger partial charge in [-0.25, -0.2) is 4.79 Å². The van der Waals surface area contributed by atoms with Crippen molar-refractivity contribution in [2.75, 3.05) is 13.7 Å². The van der Waals surface area contributed by atoms with Crippen LogP contribution in [-0.4, -0.2) is 30.6 Å². The van der Waals surface area contributed by atoms with Crippen molar-refractivity contribution in [3.05, 3.63) is 35.4 Å². The molecule has 1 aromatic carbocycles. The van der Waals surface area contributed by atoms with E-state index >= 15 is 0 Å². The van der Waals surface area contributed by atoms with Crippen molar-refractivity contribution in [3.8, 4) is 0 Å². The lowest BCUT2D eigenvalue weighted by Gasteiger charge is -2.29. The highest BCUT2D eigenvalue weighted by atomic mass is 16.5. The summed E-state index contributed by atoms with van der Waals surface area (Å²) in [4.78, 5) is 14.3. The Morgan fingerprint density at radius 2 is 2.00 bits per heavy atom. The smallest absolute Gasteiger partial charge is 0.338 e. The predicted octanol–water partition coefficient (Wildman–Crippen LogP) is 3.87. The number of carbonyl (C=O) groups excluding carboxylic acids is 1. The third-order valence-electron chi connectivity index (χ3n) is 3.81. The van der Waals surface area contributed by atoms with E-state index in [2.05, 4.69) is 25.7 Å². The molecular weight excluding hydrogens is 250 g/mol. The van der Waals surface area contributed by atoms with E-state index in [0.717, 1.165) is 25.1 Å². The van der Waals surface area contributed by atoms with Gasteiger partial charge in [0.05, 0.1) is 12.7 Å². The summed E-state index contributed by atoms with van der Waals surface area (Å²) in [5, 5.41) is 0. The average Bonchev–Trinajstić information content (AvgIpc) is 2.50. The Hall–Kier alpha value is -1.35. The monoisotopic (exact) mass is 277 g/mol. The predicted molar refractivity (Wildman–Crippen MR) is 82.9 cm³/mol. The Balaban J connectivity index is 2.89. The summed E-state index contributed by atoms with van der Waals surface area (Å²) in [6.07, 6.45) is 3.49. The number of esters is 1. The van der Waals surface area contributed by atoms with Gasteiger partial charge in [0.25, 0.3) is 0 Å². The summed E-state index contributed by atoms with van der Waals surface area (Å²) >= 11 is 0. The molecule has 0 aliphatic carbocycles. The fourth-order valence-corrected chi connectivity index (χ4v) is 2.26. The van der Waals surface area contributed by atoms with E-state index in [0.29, 0.717) is 11.6 Å². The Kier molecular flexibility index (Phi) is 7.31. The largest absolute Gasteiger partial charge is 0.465 e. The van der Waals surface area contributed by atoms with Crippen molar-refractivity contribution in [1.82, 2.24) is 4.90 Å². The first-order valence-electron chi connectivity index (χ1n) is 7.54. The molecule has 1 atom stereocenters. The van der Waals surface area contributed by atoms with E-state index in [4.69, 9.17) is 4.74 Å². The van der Waals surface area contributed by atoms with Crippen molar-refractivity contribution in [2.24, 2.45) is 0 Å². The van der Waals surface area contributed by atoms with Crippen LogP contribution in [0.5, 0.6) is 0 Å². The first-order valence-corrected chi connectivity index (χ1v) is 7.54. The third kappa shape index (κ3) is 4.64. The Morgan fingerprint density at radius 3 is 2.60 bits per heavy atom. The van der Waals surface area contributed by atoms with Gasteiger partial charge in [-0.05, 0) is 37.9 Å². The number of hydrogen-bond donors (Lipinski definition) is 0. The van der Waals surface area contributed by atoms with Crippen molar-refractivity contribution >= 4 is 5.97 Å². The van der Waals surface area contributed by atoms with Crippen LogP contribution in [0.4, 0.5) is 0 Å². The fraction of sp³-hybridized carbons (Fsp3) is 0.588. The van der Waals surface area contributed by atoms with Gasteiger partial charge < -0.3 is 4.74 Å². The molecule has 0 aliphatic rings. The maximum atomic E-state index is 11.8.